The predicted molar refractivity (Wildman–Crippen MR) is 143 cm³/mol. The first-order valence-electron chi connectivity index (χ1n) is 11.4. The summed E-state index contributed by atoms with van der Waals surface area (Å²) in [6, 6.07) is 24.3. The van der Waals surface area contributed by atoms with E-state index in [-0.39, 0.29) is 24.4 Å². The van der Waals surface area contributed by atoms with Gasteiger partial charge in [0.05, 0.1) is 26.4 Å². The second kappa shape index (κ2) is 12.0. The Morgan fingerprint density at radius 2 is 1.03 bits per heavy atom. The summed E-state index contributed by atoms with van der Waals surface area (Å²) in [5.74, 6) is 0. The SMILES string of the molecule is Brc1ccc(COCC2OC3OC(C2OCc2ccc(Br)cc2)C3OCc2ccc(Br)cc2)cc1. The number of rotatable bonds is 10. The van der Waals surface area contributed by atoms with Crippen LogP contribution in [0.25, 0.3) is 0 Å². The van der Waals surface area contributed by atoms with Gasteiger partial charge in [0.15, 0.2) is 6.29 Å². The van der Waals surface area contributed by atoms with E-state index in [1.165, 1.54) is 0 Å². The van der Waals surface area contributed by atoms with Crippen LogP contribution in [0, 0.1) is 0 Å². The standard InChI is InChI=1S/C27H25Br3O5/c28-20-7-1-17(2-8-20)13-31-16-23-24(32-14-18-3-9-21(29)10-4-18)25-26(27(34-23)35-25)33-15-19-5-11-22(30)12-6-19/h1-12,23-27H,13-16H2. The van der Waals surface area contributed by atoms with Crippen molar-refractivity contribution >= 4 is 47.8 Å². The van der Waals surface area contributed by atoms with E-state index in [9.17, 15) is 0 Å². The van der Waals surface area contributed by atoms with E-state index in [0.29, 0.717) is 26.4 Å². The van der Waals surface area contributed by atoms with Crippen molar-refractivity contribution in [1.29, 1.82) is 0 Å². The smallest absolute Gasteiger partial charge is 0.187 e. The van der Waals surface area contributed by atoms with Crippen LogP contribution in [0.5, 0.6) is 0 Å². The quantitative estimate of drug-likeness (QED) is 0.238. The second-order valence-corrected chi connectivity index (χ2v) is 11.3. The Kier molecular flexibility index (Phi) is 8.73. The molecule has 8 heteroatoms. The minimum atomic E-state index is -0.413. The number of hydrogen-bond donors (Lipinski definition) is 0. The molecule has 0 amide bonds. The maximum Gasteiger partial charge on any atom is 0.187 e. The Hall–Kier alpha value is -1.10. The topological polar surface area (TPSA) is 46.2 Å². The van der Waals surface area contributed by atoms with E-state index in [4.69, 9.17) is 23.7 Å². The zero-order valence-electron chi connectivity index (χ0n) is 18.8. The average molecular weight is 669 g/mol. The minimum absolute atomic E-state index is 0.184. The van der Waals surface area contributed by atoms with E-state index in [1.807, 2.05) is 72.8 Å². The molecule has 2 bridgehead atoms. The van der Waals surface area contributed by atoms with Crippen LogP contribution in [-0.2, 0) is 43.5 Å². The van der Waals surface area contributed by atoms with Gasteiger partial charge in [-0.05, 0) is 53.1 Å². The Balaban J connectivity index is 1.21. The molecule has 3 saturated heterocycles. The maximum atomic E-state index is 6.35. The summed E-state index contributed by atoms with van der Waals surface area (Å²) in [6.45, 7) is 1.86. The first-order chi connectivity index (χ1) is 17.0. The van der Waals surface area contributed by atoms with E-state index in [1.54, 1.807) is 0 Å². The Morgan fingerprint density at radius 1 is 0.571 bits per heavy atom. The van der Waals surface area contributed by atoms with Crippen molar-refractivity contribution in [1.82, 2.24) is 0 Å². The molecule has 0 spiro atoms. The van der Waals surface area contributed by atoms with Crippen LogP contribution in [0.4, 0.5) is 0 Å². The molecule has 0 aliphatic carbocycles. The van der Waals surface area contributed by atoms with E-state index >= 15 is 0 Å². The largest absolute Gasteiger partial charge is 0.374 e. The average Bonchev–Trinajstić information content (AvgIpc) is 2.86. The minimum Gasteiger partial charge on any atom is -0.374 e. The molecule has 3 aromatic carbocycles. The lowest BCUT2D eigenvalue weighted by Crippen LogP contribution is -2.71. The maximum absolute atomic E-state index is 6.35. The molecular weight excluding hydrogens is 644 g/mol. The van der Waals surface area contributed by atoms with Gasteiger partial charge in [0.25, 0.3) is 0 Å². The first kappa shape index (κ1) is 25.5. The lowest BCUT2D eigenvalue weighted by atomic mass is 9.93. The molecule has 3 fully saturated rings. The molecule has 0 radical (unpaired) electrons. The van der Waals surface area contributed by atoms with Gasteiger partial charge in [0.2, 0.25) is 0 Å². The van der Waals surface area contributed by atoms with Gasteiger partial charge in [-0.3, -0.25) is 0 Å². The molecule has 3 heterocycles. The molecule has 6 rings (SSSR count). The molecule has 5 nitrogen and oxygen atoms in total. The third-order valence-electron chi connectivity index (χ3n) is 6.06. The fourth-order valence-corrected chi connectivity index (χ4v) is 4.93. The van der Waals surface area contributed by atoms with Gasteiger partial charge in [-0.25, -0.2) is 0 Å². The van der Waals surface area contributed by atoms with Gasteiger partial charge < -0.3 is 23.7 Å². The van der Waals surface area contributed by atoms with Gasteiger partial charge in [-0.1, -0.05) is 84.2 Å². The predicted octanol–water partition coefficient (Wildman–Crippen LogP) is 6.79. The normalized spacial score (nSPS) is 25.3. The van der Waals surface area contributed by atoms with Crippen molar-refractivity contribution in [2.75, 3.05) is 6.61 Å². The monoisotopic (exact) mass is 666 g/mol. The third-order valence-corrected chi connectivity index (χ3v) is 7.64. The van der Waals surface area contributed by atoms with Crippen LogP contribution in [0.2, 0.25) is 0 Å². The summed E-state index contributed by atoms with van der Waals surface area (Å²) in [5.41, 5.74) is 3.28. The lowest BCUT2D eigenvalue weighted by Gasteiger charge is -2.54. The van der Waals surface area contributed by atoms with Gasteiger partial charge >= 0.3 is 0 Å². The Labute approximate surface area is 230 Å². The molecule has 5 atom stereocenters. The Morgan fingerprint density at radius 3 is 1.54 bits per heavy atom. The molecule has 0 N–H and O–H groups in total. The molecular formula is C27H25Br3O5. The van der Waals surface area contributed by atoms with E-state index in [0.717, 1.165) is 30.1 Å². The summed E-state index contributed by atoms with van der Waals surface area (Å²) in [5, 5.41) is 0. The third kappa shape index (κ3) is 6.62. The van der Waals surface area contributed by atoms with Gasteiger partial charge in [-0.15, -0.1) is 0 Å². The van der Waals surface area contributed by atoms with E-state index < -0.39 is 6.29 Å². The number of halogens is 3. The van der Waals surface area contributed by atoms with Crippen LogP contribution in [0.3, 0.4) is 0 Å². The highest BCUT2D eigenvalue weighted by Gasteiger charge is 2.57. The summed E-state index contributed by atoms with van der Waals surface area (Å²) < 4.78 is 33.9. The van der Waals surface area contributed by atoms with Crippen LogP contribution >= 0.6 is 47.8 Å². The number of benzene rings is 3. The van der Waals surface area contributed by atoms with Crippen LogP contribution in [-0.4, -0.2) is 37.3 Å². The highest BCUT2D eigenvalue weighted by atomic mass is 79.9. The molecule has 5 unspecified atom stereocenters. The van der Waals surface area contributed by atoms with Crippen LogP contribution < -0.4 is 0 Å². The van der Waals surface area contributed by atoms with Crippen molar-refractivity contribution < 1.29 is 23.7 Å². The van der Waals surface area contributed by atoms with Crippen molar-refractivity contribution in [3.05, 3.63) is 103 Å². The van der Waals surface area contributed by atoms with Crippen molar-refractivity contribution in [3.63, 3.8) is 0 Å². The second-order valence-electron chi connectivity index (χ2n) is 8.59. The summed E-state index contributed by atoms with van der Waals surface area (Å²) in [7, 11) is 0. The van der Waals surface area contributed by atoms with E-state index in [2.05, 4.69) is 47.8 Å². The summed E-state index contributed by atoms with van der Waals surface area (Å²) in [6.07, 6.45) is -1.35. The van der Waals surface area contributed by atoms with Crippen molar-refractivity contribution in [2.24, 2.45) is 0 Å². The first-order valence-corrected chi connectivity index (χ1v) is 13.8. The Bertz CT molecular complexity index is 1090. The number of fused-ring (bicyclic) bond motifs is 2. The molecule has 0 saturated carbocycles. The number of hydrogen-bond acceptors (Lipinski definition) is 5. The van der Waals surface area contributed by atoms with Gasteiger partial charge in [0.1, 0.15) is 24.4 Å². The molecule has 0 aromatic heterocycles. The molecule has 3 aliphatic rings. The molecule has 35 heavy (non-hydrogen) atoms. The van der Waals surface area contributed by atoms with Crippen LogP contribution in [0.15, 0.2) is 86.2 Å². The highest BCUT2D eigenvalue weighted by molar-refractivity contribution is 9.11. The summed E-state index contributed by atoms with van der Waals surface area (Å²) >= 11 is 10.4. The fraction of sp³-hybridized carbons (Fsp3) is 0.333. The van der Waals surface area contributed by atoms with Crippen molar-refractivity contribution in [2.45, 2.75) is 50.5 Å². The van der Waals surface area contributed by atoms with Gasteiger partial charge in [0, 0.05) is 13.4 Å². The highest BCUT2D eigenvalue weighted by Crippen LogP contribution is 2.39. The van der Waals surface area contributed by atoms with Crippen molar-refractivity contribution in [3.8, 4) is 0 Å². The molecule has 3 aromatic rings. The fourth-order valence-electron chi connectivity index (χ4n) is 4.14. The lowest BCUT2D eigenvalue weighted by molar-refractivity contribution is -0.421. The summed E-state index contributed by atoms with van der Waals surface area (Å²) in [4.78, 5) is 0. The van der Waals surface area contributed by atoms with Crippen LogP contribution in [0.1, 0.15) is 16.7 Å². The molecule has 3 aliphatic heterocycles. The zero-order chi connectivity index (χ0) is 24.2. The zero-order valence-corrected chi connectivity index (χ0v) is 23.6. The number of ether oxygens (including phenoxy) is 5. The molecule has 184 valence electrons. The van der Waals surface area contributed by atoms with Gasteiger partial charge in [-0.2, -0.15) is 0 Å².